The summed E-state index contributed by atoms with van der Waals surface area (Å²) in [6.45, 7) is 9.98. The maximum atomic E-state index is 11.8. The molecule has 0 aliphatic carbocycles. The van der Waals surface area contributed by atoms with Crippen LogP contribution >= 0.6 is 0 Å². The summed E-state index contributed by atoms with van der Waals surface area (Å²) in [5.74, 6) is -0.253. The number of hydrogen-bond acceptors (Lipinski definition) is 4. The topological polar surface area (TPSA) is 58.4 Å². The monoisotopic (exact) mass is 311 g/mol. The highest BCUT2D eigenvalue weighted by Gasteiger charge is 2.10. The van der Waals surface area contributed by atoms with Crippen LogP contribution in [0.2, 0.25) is 0 Å². The van der Waals surface area contributed by atoms with E-state index in [9.17, 15) is 9.90 Å². The third-order valence-electron chi connectivity index (χ3n) is 3.43. The summed E-state index contributed by atoms with van der Waals surface area (Å²) in [4.78, 5) is 18.0. The lowest BCUT2D eigenvalue weighted by molar-refractivity contribution is 0.316. The Bertz CT molecular complexity index is 713. The van der Waals surface area contributed by atoms with Crippen molar-refractivity contribution in [2.75, 3.05) is 13.1 Å². The molecule has 0 radical (unpaired) electrons. The SMILES string of the molecule is C=CCN(CC=C)Cc1cc(=O)c(O)cn1Cc1cccnc1. The van der Waals surface area contributed by atoms with E-state index in [1.165, 1.54) is 12.3 Å². The predicted octanol–water partition coefficient (Wildman–Crippen LogP) is 2.17. The van der Waals surface area contributed by atoms with Gasteiger partial charge >= 0.3 is 0 Å². The van der Waals surface area contributed by atoms with Crippen molar-refractivity contribution >= 4 is 0 Å². The van der Waals surface area contributed by atoms with Gasteiger partial charge in [-0.3, -0.25) is 14.7 Å². The molecule has 120 valence electrons. The number of aromatic hydroxyl groups is 1. The first-order chi connectivity index (χ1) is 11.1. The van der Waals surface area contributed by atoms with Crippen LogP contribution in [-0.2, 0) is 13.1 Å². The van der Waals surface area contributed by atoms with E-state index in [-0.39, 0.29) is 11.2 Å². The lowest BCUT2D eigenvalue weighted by Crippen LogP contribution is -2.26. The molecule has 2 heterocycles. The molecule has 0 aliphatic heterocycles. The van der Waals surface area contributed by atoms with Crippen molar-refractivity contribution in [3.05, 3.63) is 83.6 Å². The highest BCUT2D eigenvalue weighted by molar-refractivity contribution is 5.22. The highest BCUT2D eigenvalue weighted by atomic mass is 16.3. The quantitative estimate of drug-likeness (QED) is 0.759. The van der Waals surface area contributed by atoms with Crippen LogP contribution in [0.4, 0.5) is 0 Å². The zero-order valence-corrected chi connectivity index (χ0v) is 13.1. The van der Waals surface area contributed by atoms with E-state index in [1.54, 1.807) is 12.4 Å². The number of rotatable bonds is 8. The third-order valence-corrected chi connectivity index (χ3v) is 3.43. The Morgan fingerprint density at radius 2 is 2.04 bits per heavy atom. The lowest BCUT2D eigenvalue weighted by atomic mass is 10.2. The van der Waals surface area contributed by atoms with Gasteiger partial charge < -0.3 is 9.67 Å². The Balaban J connectivity index is 2.32. The summed E-state index contributed by atoms with van der Waals surface area (Å²) in [5, 5.41) is 9.75. The van der Waals surface area contributed by atoms with Gasteiger partial charge in [0.2, 0.25) is 5.43 Å². The molecule has 0 fully saturated rings. The van der Waals surface area contributed by atoms with Crippen LogP contribution in [0.1, 0.15) is 11.3 Å². The van der Waals surface area contributed by atoms with Crippen LogP contribution in [0.5, 0.6) is 5.75 Å². The standard InChI is InChI=1S/C18H21N3O2/c1-3-8-20(9-4-2)13-16-10-17(22)18(23)14-21(16)12-15-6-5-7-19-11-15/h3-7,10-11,14,23H,1-2,8-9,12-13H2. The van der Waals surface area contributed by atoms with Crippen LogP contribution in [0, 0.1) is 0 Å². The third kappa shape index (κ3) is 4.66. The Kier molecular flexibility index (Phi) is 5.88. The summed E-state index contributed by atoms with van der Waals surface area (Å²) in [5.41, 5.74) is 1.44. The summed E-state index contributed by atoms with van der Waals surface area (Å²) >= 11 is 0. The van der Waals surface area contributed by atoms with E-state index < -0.39 is 0 Å². The fourth-order valence-electron chi connectivity index (χ4n) is 2.37. The number of aromatic nitrogens is 2. The molecule has 0 aromatic carbocycles. The molecule has 0 unspecified atom stereocenters. The molecule has 2 aromatic rings. The van der Waals surface area contributed by atoms with Gasteiger partial charge in [0.1, 0.15) is 0 Å². The number of nitrogens with zero attached hydrogens (tertiary/aromatic N) is 3. The van der Waals surface area contributed by atoms with Crippen LogP contribution in [0.3, 0.4) is 0 Å². The van der Waals surface area contributed by atoms with Crippen LogP contribution in [0.15, 0.2) is 66.9 Å². The Labute approximate surface area is 135 Å². The summed E-state index contributed by atoms with van der Waals surface area (Å²) in [6, 6.07) is 5.29. The van der Waals surface area contributed by atoms with E-state index >= 15 is 0 Å². The first-order valence-corrected chi connectivity index (χ1v) is 7.39. The Morgan fingerprint density at radius 1 is 1.30 bits per heavy atom. The lowest BCUT2D eigenvalue weighted by Gasteiger charge is -2.22. The molecule has 1 N–H and O–H groups in total. The van der Waals surface area contributed by atoms with Crippen LogP contribution in [-0.4, -0.2) is 32.6 Å². The van der Waals surface area contributed by atoms with E-state index in [0.717, 1.165) is 11.3 Å². The second-order valence-electron chi connectivity index (χ2n) is 5.27. The van der Waals surface area contributed by atoms with Crippen LogP contribution in [0.25, 0.3) is 0 Å². The minimum atomic E-state index is -0.375. The molecule has 0 saturated carbocycles. The van der Waals surface area contributed by atoms with Crippen molar-refractivity contribution in [1.29, 1.82) is 0 Å². The van der Waals surface area contributed by atoms with Gasteiger partial charge in [-0.25, -0.2) is 0 Å². The minimum Gasteiger partial charge on any atom is -0.503 e. The summed E-state index contributed by atoms with van der Waals surface area (Å²) in [6.07, 6.45) is 8.58. The first-order valence-electron chi connectivity index (χ1n) is 7.39. The van der Waals surface area contributed by atoms with Crippen molar-refractivity contribution in [3.63, 3.8) is 0 Å². The van der Waals surface area contributed by atoms with Crippen LogP contribution < -0.4 is 5.43 Å². The van der Waals surface area contributed by atoms with Crippen molar-refractivity contribution in [1.82, 2.24) is 14.5 Å². The van der Waals surface area contributed by atoms with E-state index in [0.29, 0.717) is 26.2 Å². The molecule has 2 rings (SSSR count). The van der Waals surface area contributed by atoms with Crippen molar-refractivity contribution in [2.45, 2.75) is 13.1 Å². The maximum Gasteiger partial charge on any atom is 0.223 e. The molecule has 5 nitrogen and oxygen atoms in total. The molecule has 5 heteroatoms. The van der Waals surface area contributed by atoms with Crippen molar-refractivity contribution < 1.29 is 5.11 Å². The second-order valence-corrected chi connectivity index (χ2v) is 5.27. The zero-order valence-electron chi connectivity index (χ0n) is 13.1. The first kappa shape index (κ1) is 16.7. The molecule has 0 spiro atoms. The van der Waals surface area contributed by atoms with E-state index in [4.69, 9.17) is 0 Å². The normalized spacial score (nSPS) is 10.7. The largest absolute Gasteiger partial charge is 0.503 e. The molecule has 0 saturated heterocycles. The van der Waals surface area contributed by atoms with E-state index in [2.05, 4.69) is 23.0 Å². The smallest absolute Gasteiger partial charge is 0.223 e. The number of hydrogen-bond donors (Lipinski definition) is 1. The zero-order chi connectivity index (χ0) is 16.7. The Hall–Kier alpha value is -2.66. The summed E-state index contributed by atoms with van der Waals surface area (Å²) < 4.78 is 1.87. The molecule has 0 bridgehead atoms. The van der Waals surface area contributed by atoms with Gasteiger partial charge in [-0.05, 0) is 11.6 Å². The van der Waals surface area contributed by atoms with Gasteiger partial charge in [0, 0.05) is 50.3 Å². The fraction of sp³-hybridized carbons (Fsp3) is 0.222. The average Bonchev–Trinajstić information content (AvgIpc) is 2.53. The fourth-order valence-corrected chi connectivity index (χ4v) is 2.37. The molecule has 2 aromatic heterocycles. The minimum absolute atomic E-state index is 0.253. The van der Waals surface area contributed by atoms with Gasteiger partial charge in [0.05, 0.1) is 6.20 Å². The Morgan fingerprint density at radius 3 is 2.65 bits per heavy atom. The number of pyridine rings is 2. The van der Waals surface area contributed by atoms with Gasteiger partial charge in [-0.1, -0.05) is 18.2 Å². The van der Waals surface area contributed by atoms with Gasteiger partial charge in [0.15, 0.2) is 5.75 Å². The predicted molar refractivity (Wildman–Crippen MR) is 91.4 cm³/mol. The molecule has 0 amide bonds. The van der Waals surface area contributed by atoms with Gasteiger partial charge in [-0.2, -0.15) is 0 Å². The molecular formula is C18H21N3O2. The average molecular weight is 311 g/mol. The molecule has 0 aliphatic rings. The van der Waals surface area contributed by atoms with Crippen molar-refractivity contribution in [3.8, 4) is 5.75 Å². The van der Waals surface area contributed by atoms with Crippen molar-refractivity contribution in [2.24, 2.45) is 0 Å². The second kappa shape index (κ2) is 8.10. The molecule has 0 atom stereocenters. The van der Waals surface area contributed by atoms with E-state index in [1.807, 2.05) is 28.9 Å². The molecule has 23 heavy (non-hydrogen) atoms. The van der Waals surface area contributed by atoms with Gasteiger partial charge in [0.25, 0.3) is 0 Å². The summed E-state index contributed by atoms with van der Waals surface area (Å²) in [7, 11) is 0. The molecular weight excluding hydrogens is 290 g/mol. The highest BCUT2D eigenvalue weighted by Crippen LogP contribution is 2.11. The maximum absolute atomic E-state index is 11.8. The van der Waals surface area contributed by atoms with Gasteiger partial charge in [-0.15, -0.1) is 13.2 Å².